The smallest absolute Gasteiger partial charge is 0.123 e. The molecule has 0 saturated carbocycles. The average molecular weight is 313 g/mol. The maximum Gasteiger partial charge on any atom is 0.123 e. The molecule has 0 radical (unpaired) electrons. The Balaban J connectivity index is 2.07. The molecule has 5 heteroatoms. The van der Waals surface area contributed by atoms with Crippen LogP contribution in [0.25, 0.3) is 22.0 Å². The summed E-state index contributed by atoms with van der Waals surface area (Å²) in [4.78, 5) is 7.76. The van der Waals surface area contributed by atoms with Crippen LogP contribution in [-0.4, -0.2) is 16.5 Å². The van der Waals surface area contributed by atoms with Crippen molar-refractivity contribution in [1.29, 1.82) is 0 Å². The third-order valence-corrected chi connectivity index (χ3v) is 4.83. The van der Waals surface area contributed by atoms with Gasteiger partial charge < -0.3 is 16.0 Å². The van der Waals surface area contributed by atoms with Crippen molar-refractivity contribution in [3.05, 3.63) is 46.2 Å². The van der Waals surface area contributed by atoms with Crippen molar-refractivity contribution in [2.45, 2.75) is 19.9 Å². The number of aromatic amines is 1. The van der Waals surface area contributed by atoms with Gasteiger partial charge in [0.25, 0.3) is 0 Å². The number of aromatic nitrogens is 2. The highest BCUT2D eigenvalue weighted by atomic mass is 35.5. The average Bonchev–Trinajstić information content (AvgIpc) is 2.92. The van der Waals surface area contributed by atoms with Crippen molar-refractivity contribution in [1.82, 2.24) is 15.3 Å². The number of hydrogen-bond acceptors (Lipinski definition) is 3. The summed E-state index contributed by atoms with van der Waals surface area (Å²) in [5.41, 5.74) is 12.6. The highest BCUT2D eigenvalue weighted by molar-refractivity contribution is 6.36. The number of aryl methyl sites for hydroxylation is 1. The fraction of sp³-hybridized carbons (Fsp3) is 0.235. The minimum atomic E-state index is 0.531. The first kappa shape index (κ1) is 13.6. The zero-order valence-corrected chi connectivity index (χ0v) is 13.1. The molecule has 22 heavy (non-hydrogen) atoms. The first-order chi connectivity index (χ1) is 10.6. The van der Waals surface area contributed by atoms with Crippen molar-refractivity contribution in [2.75, 3.05) is 12.3 Å². The van der Waals surface area contributed by atoms with Gasteiger partial charge in [0.2, 0.25) is 0 Å². The van der Waals surface area contributed by atoms with E-state index in [1.807, 2.05) is 25.3 Å². The van der Waals surface area contributed by atoms with Gasteiger partial charge in [-0.25, -0.2) is 4.98 Å². The zero-order valence-electron chi connectivity index (χ0n) is 12.3. The Morgan fingerprint density at radius 3 is 2.95 bits per heavy atom. The fourth-order valence-electron chi connectivity index (χ4n) is 3.23. The number of nitrogens with one attached hydrogen (secondary N) is 2. The number of pyridine rings is 1. The zero-order chi connectivity index (χ0) is 15.3. The van der Waals surface area contributed by atoms with Crippen molar-refractivity contribution >= 4 is 28.3 Å². The third kappa shape index (κ3) is 1.99. The normalized spacial score (nSPS) is 14.3. The standard InChI is InChI=1S/C17H17ClN4/c1-9-6-11(10-2-3-14(19)21-7-10)15-12-8-20-5-4-13(12)22-17(15)16(9)18/h2-3,6-7,20,22H,4-5,8H2,1H3,(H2,19,21). The minimum Gasteiger partial charge on any atom is -0.384 e. The number of nitrogens with zero attached hydrogens (tertiary/aromatic N) is 1. The Kier molecular flexibility index (Phi) is 3.10. The van der Waals surface area contributed by atoms with E-state index < -0.39 is 0 Å². The van der Waals surface area contributed by atoms with Crippen LogP contribution in [0.15, 0.2) is 24.4 Å². The minimum absolute atomic E-state index is 0.531. The lowest BCUT2D eigenvalue weighted by Crippen LogP contribution is -2.23. The highest BCUT2D eigenvalue weighted by Gasteiger charge is 2.21. The molecule has 0 spiro atoms. The molecule has 0 aliphatic carbocycles. The number of rotatable bonds is 1. The van der Waals surface area contributed by atoms with E-state index in [2.05, 4.69) is 21.4 Å². The van der Waals surface area contributed by atoms with Gasteiger partial charge in [-0.1, -0.05) is 11.6 Å². The van der Waals surface area contributed by atoms with Crippen LogP contribution in [0.5, 0.6) is 0 Å². The van der Waals surface area contributed by atoms with Gasteiger partial charge in [0.15, 0.2) is 0 Å². The molecule has 3 aromatic rings. The van der Waals surface area contributed by atoms with Gasteiger partial charge in [-0.3, -0.25) is 0 Å². The molecule has 0 saturated heterocycles. The second-order valence-corrected chi connectivity index (χ2v) is 6.16. The predicted molar refractivity (Wildman–Crippen MR) is 91.1 cm³/mol. The Morgan fingerprint density at radius 1 is 1.32 bits per heavy atom. The summed E-state index contributed by atoms with van der Waals surface area (Å²) >= 11 is 6.54. The second kappa shape index (κ2) is 5.00. The molecule has 4 nitrogen and oxygen atoms in total. The van der Waals surface area contributed by atoms with Crippen LogP contribution in [0.2, 0.25) is 5.02 Å². The molecule has 4 N–H and O–H groups in total. The number of H-pyrrole nitrogens is 1. The van der Waals surface area contributed by atoms with E-state index >= 15 is 0 Å². The summed E-state index contributed by atoms with van der Waals surface area (Å²) in [6, 6.07) is 5.99. The molecule has 4 rings (SSSR count). The van der Waals surface area contributed by atoms with E-state index in [-0.39, 0.29) is 0 Å². The summed E-state index contributed by atoms with van der Waals surface area (Å²) in [7, 11) is 0. The molecule has 0 atom stereocenters. The molecule has 0 amide bonds. The van der Waals surface area contributed by atoms with Gasteiger partial charge in [0.05, 0.1) is 10.5 Å². The van der Waals surface area contributed by atoms with Crippen molar-refractivity contribution in [2.24, 2.45) is 0 Å². The van der Waals surface area contributed by atoms with Crippen molar-refractivity contribution in [3.8, 4) is 11.1 Å². The maximum atomic E-state index is 6.54. The summed E-state index contributed by atoms with van der Waals surface area (Å²) < 4.78 is 0. The maximum absolute atomic E-state index is 6.54. The topological polar surface area (TPSA) is 66.7 Å². The molecule has 112 valence electrons. The van der Waals surface area contributed by atoms with Gasteiger partial charge >= 0.3 is 0 Å². The van der Waals surface area contributed by atoms with E-state index in [1.165, 1.54) is 16.6 Å². The monoisotopic (exact) mass is 312 g/mol. The molecule has 3 heterocycles. The number of nitrogen functional groups attached to an aromatic ring is 1. The molecule has 0 bridgehead atoms. The lowest BCUT2D eigenvalue weighted by Gasteiger charge is -2.14. The van der Waals surface area contributed by atoms with Gasteiger partial charge in [-0.2, -0.15) is 0 Å². The van der Waals surface area contributed by atoms with Crippen LogP contribution in [0.3, 0.4) is 0 Å². The SMILES string of the molecule is Cc1cc(-c2ccc(N)nc2)c2c3c([nH]c2c1Cl)CCNC3. The van der Waals surface area contributed by atoms with Gasteiger partial charge in [-0.15, -0.1) is 0 Å². The van der Waals surface area contributed by atoms with Crippen LogP contribution in [-0.2, 0) is 13.0 Å². The number of benzene rings is 1. The Labute approximate surface area is 133 Å². The fourth-order valence-corrected chi connectivity index (χ4v) is 3.43. The molecule has 2 aromatic heterocycles. The molecule has 1 aliphatic rings. The molecule has 0 fully saturated rings. The quantitative estimate of drug-likeness (QED) is 0.645. The van der Waals surface area contributed by atoms with Crippen LogP contribution in [0, 0.1) is 6.92 Å². The van der Waals surface area contributed by atoms with E-state index in [1.54, 1.807) is 0 Å². The number of hydrogen-bond donors (Lipinski definition) is 3. The van der Waals surface area contributed by atoms with Crippen LogP contribution in [0.1, 0.15) is 16.8 Å². The van der Waals surface area contributed by atoms with Crippen LogP contribution < -0.4 is 11.1 Å². The third-order valence-electron chi connectivity index (χ3n) is 4.34. The predicted octanol–water partition coefficient (Wildman–Crippen LogP) is 3.42. The molecule has 0 unspecified atom stereocenters. The number of anilines is 1. The van der Waals surface area contributed by atoms with Gasteiger partial charge in [0, 0.05) is 42.4 Å². The van der Waals surface area contributed by atoms with E-state index in [9.17, 15) is 0 Å². The largest absolute Gasteiger partial charge is 0.384 e. The first-order valence-corrected chi connectivity index (χ1v) is 7.78. The highest BCUT2D eigenvalue weighted by Crippen LogP contribution is 2.39. The molecule has 1 aliphatic heterocycles. The second-order valence-electron chi connectivity index (χ2n) is 5.79. The van der Waals surface area contributed by atoms with Crippen molar-refractivity contribution < 1.29 is 0 Å². The van der Waals surface area contributed by atoms with E-state index in [0.717, 1.165) is 46.7 Å². The first-order valence-electron chi connectivity index (χ1n) is 7.40. The lowest BCUT2D eigenvalue weighted by molar-refractivity contribution is 0.641. The van der Waals surface area contributed by atoms with Gasteiger partial charge in [-0.05, 0) is 41.8 Å². The Bertz CT molecular complexity index is 865. The summed E-state index contributed by atoms with van der Waals surface area (Å²) in [5.74, 6) is 0.531. The summed E-state index contributed by atoms with van der Waals surface area (Å²) in [6.45, 7) is 3.90. The van der Waals surface area contributed by atoms with E-state index in [4.69, 9.17) is 17.3 Å². The molecule has 1 aromatic carbocycles. The number of fused-ring (bicyclic) bond motifs is 3. The van der Waals surface area contributed by atoms with Crippen LogP contribution >= 0.6 is 11.6 Å². The number of halogens is 1. The Hall–Kier alpha value is -2.04. The molecular weight excluding hydrogens is 296 g/mol. The summed E-state index contributed by atoms with van der Waals surface area (Å²) in [5, 5.41) is 5.44. The van der Waals surface area contributed by atoms with Crippen molar-refractivity contribution in [3.63, 3.8) is 0 Å². The molecular formula is C17H17ClN4. The van der Waals surface area contributed by atoms with Crippen LogP contribution in [0.4, 0.5) is 5.82 Å². The van der Waals surface area contributed by atoms with Gasteiger partial charge in [0.1, 0.15) is 5.82 Å². The lowest BCUT2D eigenvalue weighted by atomic mass is 9.96. The number of nitrogens with two attached hydrogens (primary N) is 1. The summed E-state index contributed by atoms with van der Waals surface area (Å²) in [6.07, 6.45) is 2.83. The van der Waals surface area contributed by atoms with E-state index in [0.29, 0.717) is 5.82 Å². The Morgan fingerprint density at radius 2 is 2.18 bits per heavy atom.